The van der Waals surface area contributed by atoms with Gasteiger partial charge < -0.3 is 0 Å². The second-order valence-electron chi connectivity index (χ2n) is 6.86. The van der Waals surface area contributed by atoms with Gasteiger partial charge in [-0.2, -0.15) is 0 Å². The summed E-state index contributed by atoms with van der Waals surface area (Å²) in [5.41, 5.74) is 0. The zero-order valence-electron chi connectivity index (χ0n) is 13.7. The molecular formula is C19H37O. The Balaban J connectivity index is 2.09. The summed E-state index contributed by atoms with van der Waals surface area (Å²) in [5.74, 6) is 0. The highest BCUT2D eigenvalue weighted by Gasteiger charge is 2.05. The van der Waals surface area contributed by atoms with Gasteiger partial charge in [-0.15, -0.1) is 0 Å². The highest BCUT2D eigenvalue weighted by Crippen LogP contribution is 2.17. The lowest BCUT2D eigenvalue weighted by Gasteiger charge is -2.08. The molecule has 0 aromatic heterocycles. The molecule has 0 aliphatic heterocycles. The fourth-order valence-corrected chi connectivity index (χ4v) is 3.36. The maximum Gasteiger partial charge on any atom is 0.0930 e. The molecule has 1 aliphatic carbocycles. The van der Waals surface area contributed by atoms with E-state index in [1.807, 2.05) is 0 Å². The largest absolute Gasteiger partial charge is 0.233 e. The molecule has 0 heterocycles. The van der Waals surface area contributed by atoms with Gasteiger partial charge in [0.2, 0.25) is 0 Å². The molecule has 0 atom stereocenters. The highest BCUT2D eigenvalue weighted by atomic mass is 16.3. The molecule has 0 N–H and O–H groups in total. The van der Waals surface area contributed by atoms with Crippen LogP contribution in [0.25, 0.3) is 0 Å². The molecule has 0 spiro atoms. The average Bonchev–Trinajstić information content (AvgIpc) is 2.45. The quantitative estimate of drug-likeness (QED) is 0.464. The lowest BCUT2D eigenvalue weighted by Crippen LogP contribution is -2.04. The predicted octanol–water partition coefficient (Wildman–Crippen LogP) is 6.82. The summed E-state index contributed by atoms with van der Waals surface area (Å²) in [5, 5.41) is 11.8. The lowest BCUT2D eigenvalue weighted by molar-refractivity contribution is 0.0688. The molecular weight excluding hydrogens is 244 g/mol. The van der Waals surface area contributed by atoms with Crippen molar-refractivity contribution in [3.63, 3.8) is 0 Å². The molecule has 0 aromatic rings. The Morgan fingerprint density at radius 1 is 0.350 bits per heavy atom. The fourth-order valence-electron chi connectivity index (χ4n) is 3.36. The monoisotopic (exact) mass is 281 g/mol. The van der Waals surface area contributed by atoms with Crippen LogP contribution in [0.1, 0.15) is 116 Å². The summed E-state index contributed by atoms with van der Waals surface area (Å²) in [6.07, 6.45) is 23.5. The first-order valence-corrected chi connectivity index (χ1v) is 9.55. The van der Waals surface area contributed by atoms with Gasteiger partial charge in [0.1, 0.15) is 0 Å². The van der Waals surface area contributed by atoms with Gasteiger partial charge in [0.25, 0.3) is 0 Å². The summed E-state index contributed by atoms with van der Waals surface area (Å²) >= 11 is 0. The molecule has 1 rings (SSSR count). The van der Waals surface area contributed by atoms with E-state index in [1.54, 1.807) is 0 Å². The Morgan fingerprint density at radius 3 is 0.800 bits per heavy atom. The van der Waals surface area contributed by atoms with Crippen molar-refractivity contribution < 1.29 is 5.11 Å². The van der Waals surface area contributed by atoms with Crippen molar-refractivity contribution in [1.82, 2.24) is 0 Å². The number of hydrogen-bond donors (Lipinski definition) is 0. The van der Waals surface area contributed by atoms with E-state index in [0.717, 1.165) is 12.8 Å². The molecule has 0 aromatic carbocycles. The average molecular weight is 282 g/mol. The summed E-state index contributed by atoms with van der Waals surface area (Å²) < 4.78 is 0. The highest BCUT2D eigenvalue weighted by molar-refractivity contribution is 4.58. The minimum Gasteiger partial charge on any atom is -0.233 e. The van der Waals surface area contributed by atoms with Crippen molar-refractivity contribution in [2.24, 2.45) is 0 Å². The first-order valence-electron chi connectivity index (χ1n) is 9.55. The van der Waals surface area contributed by atoms with Gasteiger partial charge >= 0.3 is 0 Å². The Morgan fingerprint density at radius 2 is 0.550 bits per heavy atom. The molecule has 1 aliphatic rings. The Labute approximate surface area is 127 Å². The van der Waals surface area contributed by atoms with Gasteiger partial charge in [-0.05, 0) is 12.8 Å². The van der Waals surface area contributed by atoms with Crippen LogP contribution in [-0.4, -0.2) is 6.10 Å². The third-order valence-electron chi connectivity index (χ3n) is 4.80. The molecule has 0 bridgehead atoms. The van der Waals surface area contributed by atoms with E-state index >= 15 is 0 Å². The van der Waals surface area contributed by atoms with E-state index in [-0.39, 0.29) is 6.10 Å². The van der Waals surface area contributed by atoms with E-state index in [0.29, 0.717) is 0 Å². The molecule has 20 heavy (non-hydrogen) atoms. The van der Waals surface area contributed by atoms with E-state index in [4.69, 9.17) is 0 Å². The molecule has 1 radical (unpaired) electrons. The van der Waals surface area contributed by atoms with Crippen molar-refractivity contribution >= 4 is 0 Å². The van der Waals surface area contributed by atoms with Crippen LogP contribution >= 0.6 is 0 Å². The maximum atomic E-state index is 11.8. The Kier molecular flexibility index (Phi) is 12.5. The van der Waals surface area contributed by atoms with Crippen molar-refractivity contribution in [3.8, 4) is 0 Å². The van der Waals surface area contributed by atoms with Crippen LogP contribution in [0.15, 0.2) is 0 Å². The Hall–Kier alpha value is -0.0400. The molecule has 119 valence electrons. The summed E-state index contributed by atoms with van der Waals surface area (Å²) in [6.45, 7) is 0. The lowest BCUT2D eigenvalue weighted by atomic mass is 10.0. The third kappa shape index (κ3) is 11.8. The molecule has 1 heteroatoms. The second kappa shape index (κ2) is 13.9. The third-order valence-corrected chi connectivity index (χ3v) is 4.80. The molecule has 0 saturated heterocycles. The normalized spacial score (nSPS) is 24.4. The summed E-state index contributed by atoms with van der Waals surface area (Å²) in [4.78, 5) is 0. The van der Waals surface area contributed by atoms with Gasteiger partial charge in [-0.3, -0.25) is 0 Å². The van der Waals surface area contributed by atoms with E-state index in [2.05, 4.69) is 0 Å². The standard InChI is InChI=1S/C19H37O/c20-19-17-15-13-11-9-7-5-3-1-2-4-6-8-10-12-14-16-18-19/h19H,1-18H2. The SMILES string of the molecule is [O]C1CCCCCCCCCCCCCCCCCC1. The van der Waals surface area contributed by atoms with Crippen molar-refractivity contribution in [2.75, 3.05) is 0 Å². The number of rotatable bonds is 0. The fraction of sp³-hybridized carbons (Fsp3) is 1.00. The molecule has 1 saturated carbocycles. The topological polar surface area (TPSA) is 19.9 Å². The van der Waals surface area contributed by atoms with E-state index < -0.39 is 0 Å². The summed E-state index contributed by atoms with van der Waals surface area (Å²) in [6, 6.07) is 0. The zero-order valence-corrected chi connectivity index (χ0v) is 13.7. The van der Waals surface area contributed by atoms with Crippen molar-refractivity contribution in [2.45, 2.75) is 122 Å². The van der Waals surface area contributed by atoms with Crippen LogP contribution in [-0.2, 0) is 5.11 Å². The minimum absolute atomic E-state index is 0.267. The van der Waals surface area contributed by atoms with Crippen LogP contribution in [0.3, 0.4) is 0 Å². The molecule has 0 unspecified atom stereocenters. The zero-order chi connectivity index (χ0) is 14.3. The second-order valence-corrected chi connectivity index (χ2v) is 6.86. The van der Waals surface area contributed by atoms with E-state index in [1.165, 1.54) is 103 Å². The van der Waals surface area contributed by atoms with Crippen LogP contribution in [0.2, 0.25) is 0 Å². The molecule has 1 fully saturated rings. The van der Waals surface area contributed by atoms with Crippen LogP contribution < -0.4 is 0 Å². The van der Waals surface area contributed by atoms with Gasteiger partial charge in [-0.1, -0.05) is 103 Å². The molecule has 1 nitrogen and oxygen atoms in total. The smallest absolute Gasteiger partial charge is 0.0930 e. The molecule has 0 amide bonds. The first kappa shape index (κ1) is 18.0. The summed E-state index contributed by atoms with van der Waals surface area (Å²) in [7, 11) is 0. The van der Waals surface area contributed by atoms with Gasteiger partial charge in [0.05, 0.1) is 6.10 Å². The van der Waals surface area contributed by atoms with Gasteiger partial charge in [-0.25, -0.2) is 5.11 Å². The maximum absolute atomic E-state index is 11.8. The Bertz CT molecular complexity index is 170. The van der Waals surface area contributed by atoms with Crippen molar-refractivity contribution in [3.05, 3.63) is 0 Å². The predicted molar refractivity (Wildman–Crippen MR) is 87.6 cm³/mol. The minimum atomic E-state index is -0.267. The van der Waals surface area contributed by atoms with Crippen LogP contribution in [0.4, 0.5) is 0 Å². The van der Waals surface area contributed by atoms with Gasteiger partial charge in [0, 0.05) is 0 Å². The number of hydrogen-bond acceptors (Lipinski definition) is 0. The van der Waals surface area contributed by atoms with Crippen LogP contribution in [0, 0.1) is 0 Å². The van der Waals surface area contributed by atoms with Gasteiger partial charge in [0.15, 0.2) is 0 Å². The van der Waals surface area contributed by atoms with Crippen LogP contribution in [0.5, 0.6) is 0 Å². The first-order chi connectivity index (χ1) is 9.89. The van der Waals surface area contributed by atoms with E-state index in [9.17, 15) is 5.11 Å². The van der Waals surface area contributed by atoms with Crippen molar-refractivity contribution in [1.29, 1.82) is 0 Å².